The molecule has 0 aliphatic carbocycles. The number of para-hydroxylation sites is 1. The fourth-order valence-corrected chi connectivity index (χ4v) is 3.02. The Hall–Kier alpha value is -1.88. The van der Waals surface area contributed by atoms with Crippen LogP contribution in [0.1, 0.15) is 0 Å². The van der Waals surface area contributed by atoms with E-state index in [-0.39, 0.29) is 0 Å². The average molecular weight is 326 g/mol. The summed E-state index contributed by atoms with van der Waals surface area (Å²) in [6, 6.07) is 18.2. The van der Waals surface area contributed by atoms with E-state index in [2.05, 4.69) is 35.0 Å². The number of β-amino-alcohol motifs (C(OH)–C–C–N with tert-alkyl or cyclic N) is 1. The van der Waals surface area contributed by atoms with Crippen LogP contribution in [0.15, 0.2) is 54.6 Å². The van der Waals surface area contributed by atoms with Crippen molar-refractivity contribution >= 4 is 0 Å². The smallest absolute Gasteiger partial charge is 0.127 e. The first-order valence-corrected chi connectivity index (χ1v) is 8.58. The normalized spacial score (nSPS) is 17.6. The van der Waals surface area contributed by atoms with E-state index >= 15 is 0 Å². The minimum Gasteiger partial charge on any atom is -0.490 e. The van der Waals surface area contributed by atoms with Gasteiger partial charge in [0, 0.05) is 38.3 Å². The molecular formula is C20H26N2O2. The molecule has 0 unspecified atom stereocenters. The molecule has 1 aliphatic heterocycles. The number of ether oxygens (including phenoxy) is 1. The molecule has 0 bridgehead atoms. The number of aliphatic hydroxyl groups is 1. The molecule has 1 N–H and O–H groups in total. The summed E-state index contributed by atoms with van der Waals surface area (Å²) in [6.07, 6.45) is -0.475. The Morgan fingerprint density at radius 3 is 2.38 bits per heavy atom. The van der Waals surface area contributed by atoms with Crippen LogP contribution in [0.4, 0.5) is 0 Å². The maximum atomic E-state index is 10.3. The number of aliphatic hydroxyl groups excluding tert-OH is 1. The fraction of sp³-hybridized carbons (Fsp3) is 0.400. The van der Waals surface area contributed by atoms with Gasteiger partial charge in [0.1, 0.15) is 18.5 Å². The summed E-state index contributed by atoms with van der Waals surface area (Å²) >= 11 is 0. The van der Waals surface area contributed by atoms with E-state index in [4.69, 9.17) is 4.74 Å². The topological polar surface area (TPSA) is 35.9 Å². The highest BCUT2D eigenvalue weighted by molar-refractivity contribution is 5.70. The molecule has 4 nitrogen and oxygen atoms in total. The maximum Gasteiger partial charge on any atom is 0.127 e. The van der Waals surface area contributed by atoms with Crippen molar-refractivity contribution in [2.75, 3.05) is 46.4 Å². The summed E-state index contributed by atoms with van der Waals surface area (Å²) in [4.78, 5) is 4.62. The number of rotatable bonds is 6. The fourth-order valence-electron chi connectivity index (χ4n) is 3.02. The second kappa shape index (κ2) is 8.29. The second-order valence-electron chi connectivity index (χ2n) is 6.43. The van der Waals surface area contributed by atoms with Crippen molar-refractivity contribution in [1.29, 1.82) is 0 Å². The SMILES string of the molecule is CN1CCN(C[C@H](O)COc2ccccc2-c2ccccc2)CC1. The molecule has 0 spiro atoms. The zero-order valence-corrected chi connectivity index (χ0v) is 14.3. The van der Waals surface area contributed by atoms with E-state index in [0.29, 0.717) is 13.2 Å². The Labute approximate surface area is 144 Å². The lowest BCUT2D eigenvalue weighted by atomic mass is 10.1. The number of nitrogens with zero attached hydrogens (tertiary/aromatic N) is 2. The zero-order chi connectivity index (χ0) is 16.8. The third-order valence-electron chi connectivity index (χ3n) is 4.47. The second-order valence-corrected chi connectivity index (χ2v) is 6.43. The van der Waals surface area contributed by atoms with Crippen LogP contribution in [0.3, 0.4) is 0 Å². The Morgan fingerprint density at radius 1 is 0.958 bits per heavy atom. The molecule has 1 saturated heterocycles. The van der Waals surface area contributed by atoms with Crippen LogP contribution in [0.2, 0.25) is 0 Å². The van der Waals surface area contributed by atoms with Crippen LogP contribution in [-0.2, 0) is 0 Å². The minimum absolute atomic E-state index is 0.316. The summed E-state index contributed by atoms with van der Waals surface area (Å²) in [5, 5.41) is 10.3. The van der Waals surface area contributed by atoms with E-state index in [1.54, 1.807) is 0 Å². The molecule has 1 fully saturated rings. The highest BCUT2D eigenvalue weighted by atomic mass is 16.5. The Balaban J connectivity index is 1.57. The molecule has 1 aliphatic rings. The van der Waals surface area contributed by atoms with E-state index < -0.39 is 6.10 Å². The summed E-state index contributed by atoms with van der Waals surface area (Å²) < 4.78 is 5.93. The molecule has 1 heterocycles. The summed E-state index contributed by atoms with van der Waals surface area (Å²) in [7, 11) is 2.14. The Morgan fingerprint density at radius 2 is 1.62 bits per heavy atom. The lowest BCUT2D eigenvalue weighted by molar-refractivity contribution is 0.0506. The van der Waals surface area contributed by atoms with Crippen molar-refractivity contribution in [2.24, 2.45) is 0 Å². The molecular weight excluding hydrogens is 300 g/mol. The average Bonchev–Trinajstić information content (AvgIpc) is 2.63. The third kappa shape index (κ3) is 4.57. The van der Waals surface area contributed by atoms with Gasteiger partial charge in [0.05, 0.1) is 0 Å². The van der Waals surface area contributed by atoms with Gasteiger partial charge in [-0.3, -0.25) is 4.90 Å². The third-order valence-corrected chi connectivity index (χ3v) is 4.47. The predicted molar refractivity (Wildman–Crippen MR) is 97.3 cm³/mol. The number of hydrogen-bond acceptors (Lipinski definition) is 4. The summed E-state index contributed by atoms with van der Waals surface area (Å²) in [6.45, 7) is 5.12. The standard InChI is InChI=1S/C20H26N2O2/c1-21-11-13-22(14-12-21)15-18(23)16-24-20-10-6-5-9-19(20)17-7-3-2-4-8-17/h2-10,18,23H,11-16H2,1H3/t18-/m0/s1. The van der Waals surface area contributed by atoms with E-state index in [1.807, 2.05) is 36.4 Å². The van der Waals surface area contributed by atoms with Gasteiger partial charge in [-0.25, -0.2) is 0 Å². The number of benzene rings is 2. The van der Waals surface area contributed by atoms with Crippen LogP contribution in [-0.4, -0.2) is 67.4 Å². The molecule has 4 heteroatoms. The van der Waals surface area contributed by atoms with Gasteiger partial charge >= 0.3 is 0 Å². The molecule has 0 aromatic heterocycles. The van der Waals surface area contributed by atoms with Crippen LogP contribution in [0, 0.1) is 0 Å². The molecule has 0 saturated carbocycles. The van der Waals surface area contributed by atoms with Gasteiger partial charge in [0.2, 0.25) is 0 Å². The van der Waals surface area contributed by atoms with Crippen molar-refractivity contribution in [1.82, 2.24) is 9.80 Å². The number of piperazine rings is 1. The molecule has 0 amide bonds. The minimum atomic E-state index is -0.475. The van der Waals surface area contributed by atoms with Crippen molar-refractivity contribution < 1.29 is 9.84 Å². The van der Waals surface area contributed by atoms with Crippen molar-refractivity contribution in [2.45, 2.75) is 6.10 Å². The van der Waals surface area contributed by atoms with Crippen LogP contribution in [0.5, 0.6) is 5.75 Å². The molecule has 128 valence electrons. The number of hydrogen-bond donors (Lipinski definition) is 1. The highest BCUT2D eigenvalue weighted by Crippen LogP contribution is 2.29. The van der Waals surface area contributed by atoms with Gasteiger partial charge in [-0.2, -0.15) is 0 Å². The van der Waals surface area contributed by atoms with Gasteiger partial charge in [0.25, 0.3) is 0 Å². The molecule has 1 atom stereocenters. The monoisotopic (exact) mass is 326 g/mol. The molecule has 3 rings (SSSR count). The Bertz CT molecular complexity index is 625. The summed E-state index contributed by atoms with van der Waals surface area (Å²) in [5.41, 5.74) is 2.19. The lowest BCUT2D eigenvalue weighted by Gasteiger charge is -2.33. The predicted octanol–water partition coefficient (Wildman–Crippen LogP) is 2.34. The van der Waals surface area contributed by atoms with Gasteiger partial charge in [-0.1, -0.05) is 48.5 Å². The van der Waals surface area contributed by atoms with Gasteiger partial charge in [0.15, 0.2) is 0 Å². The molecule has 0 radical (unpaired) electrons. The maximum absolute atomic E-state index is 10.3. The van der Waals surface area contributed by atoms with Crippen LogP contribution in [0.25, 0.3) is 11.1 Å². The molecule has 2 aromatic carbocycles. The van der Waals surface area contributed by atoms with Crippen LogP contribution >= 0.6 is 0 Å². The Kier molecular flexibility index (Phi) is 5.86. The van der Waals surface area contributed by atoms with Crippen LogP contribution < -0.4 is 4.74 Å². The van der Waals surface area contributed by atoms with Gasteiger partial charge in [-0.15, -0.1) is 0 Å². The largest absolute Gasteiger partial charge is 0.490 e. The first-order valence-electron chi connectivity index (χ1n) is 8.58. The zero-order valence-electron chi connectivity index (χ0n) is 14.3. The van der Waals surface area contributed by atoms with E-state index in [0.717, 1.165) is 43.1 Å². The van der Waals surface area contributed by atoms with E-state index in [1.165, 1.54) is 0 Å². The van der Waals surface area contributed by atoms with Crippen molar-refractivity contribution in [3.05, 3.63) is 54.6 Å². The van der Waals surface area contributed by atoms with Gasteiger partial charge in [-0.05, 0) is 18.7 Å². The van der Waals surface area contributed by atoms with Crippen molar-refractivity contribution in [3.8, 4) is 16.9 Å². The summed E-state index contributed by atoms with van der Waals surface area (Å²) in [5.74, 6) is 0.820. The van der Waals surface area contributed by atoms with Gasteiger partial charge < -0.3 is 14.7 Å². The van der Waals surface area contributed by atoms with Crippen molar-refractivity contribution in [3.63, 3.8) is 0 Å². The molecule has 2 aromatic rings. The highest BCUT2D eigenvalue weighted by Gasteiger charge is 2.17. The lowest BCUT2D eigenvalue weighted by Crippen LogP contribution is -2.47. The first-order chi connectivity index (χ1) is 11.7. The van der Waals surface area contributed by atoms with E-state index in [9.17, 15) is 5.11 Å². The number of likely N-dealkylation sites (N-methyl/N-ethyl adjacent to an activating group) is 1. The quantitative estimate of drug-likeness (QED) is 0.884. The first kappa shape index (κ1) is 17.0. The molecule has 24 heavy (non-hydrogen) atoms.